The van der Waals surface area contributed by atoms with Crippen molar-refractivity contribution in [3.05, 3.63) is 46.8 Å². The zero-order chi connectivity index (χ0) is 23.2. The summed E-state index contributed by atoms with van der Waals surface area (Å²) in [5.74, 6) is -0.417. The fourth-order valence-electron chi connectivity index (χ4n) is 3.42. The van der Waals surface area contributed by atoms with E-state index < -0.39 is 11.7 Å². The molecule has 0 atom stereocenters. The minimum absolute atomic E-state index is 0.0228. The Morgan fingerprint density at radius 2 is 1.77 bits per heavy atom. The van der Waals surface area contributed by atoms with E-state index in [0.717, 1.165) is 11.8 Å². The fourth-order valence-corrected chi connectivity index (χ4v) is 3.42. The molecular formula is C22H29F3N4O2. The molecule has 0 fully saturated rings. The number of nitrogens with one attached hydrogen (secondary N) is 1. The smallest absolute Gasteiger partial charge is 0.352 e. The summed E-state index contributed by atoms with van der Waals surface area (Å²) in [6, 6.07) is 5.74. The summed E-state index contributed by atoms with van der Waals surface area (Å²) in [5, 5.41) is 6.76. The Balaban J connectivity index is 2.03. The molecule has 6 nitrogen and oxygen atoms in total. The van der Waals surface area contributed by atoms with Crippen LogP contribution in [0.2, 0.25) is 0 Å². The molecule has 0 aliphatic carbocycles. The van der Waals surface area contributed by atoms with Gasteiger partial charge < -0.3 is 10.2 Å². The van der Waals surface area contributed by atoms with Crippen LogP contribution in [0.3, 0.4) is 0 Å². The molecule has 0 aliphatic heterocycles. The average Bonchev–Trinajstić information content (AvgIpc) is 3.04. The van der Waals surface area contributed by atoms with Crippen LogP contribution in [0, 0.1) is 13.8 Å². The first-order valence-corrected chi connectivity index (χ1v) is 10.3. The van der Waals surface area contributed by atoms with Gasteiger partial charge in [-0.15, -0.1) is 0 Å². The Morgan fingerprint density at radius 1 is 1.10 bits per heavy atom. The van der Waals surface area contributed by atoms with Gasteiger partial charge in [0.25, 0.3) is 0 Å². The Bertz CT molecular complexity index is 918. The third-order valence-electron chi connectivity index (χ3n) is 5.04. The normalized spacial score (nSPS) is 11.5. The van der Waals surface area contributed by atoms with E-state index in [2.05, 4.69) is 10.4 Å². The summed E-state index contributed by atoms with van der Waals surface area (Å²) in [4.78, 5) is 25.7. The van der Waals surface area contributed by atoms with E-state index in [1.54, 1.807) is 30.9 Å². The minimum atomic E-state index is -4.57. The van der Waals surface area contributed by atoms with E-state index >= 15 is 0 Å². The Morgan fingerprint density at radius 3 is 2.32 bits per heavy atom. The largest absolute Gasteiger partial charge is 0.416 e. The lowest BCUT2D eigenvalue weighted by Crippen LogP contribution is -2.30. The lowest BCUT2D eigenvalue weighted by atomic mass is 10.1. The maximum atomic E-state index is 13.6. The van der Waals surface area contributed by atoms with Crippen LogP contribution in [-0.2, 0) is 22.3 Å². The average molecular weight is 438 g/mol. The molecule has 2 rings (SSSR count). The van der Waals surface area contributed by atoms with Gasteiger partial charge in [-0.05, 0) is 57.9 Å². The monoisotopic (exact) mass is 438 g/mol. The number of alkyl halides is 3. The second kappa shape index (κ2) is 10.5. The number of rotatable bonds is 9. The van der Waals surface area contributed by atoms with E-state index in [-0.39, 0.29) is 36.8 Å². The molecule has 0 saturated heterocycles. The number of benzene rings is 1. The van der Waals surface area contributed by atoms with Crippen molar-refractivity contribution >= 4 is 11.8 Å². The second-order valence-corrected chi connectivity index (χ2v) is 7.37. The molecule has 0 bridgehead atoms. The predicted molar refractivity (Wildman–Crippen MR) is 112 cm³/mol. The van der Waals surface area contributed by atoms with Crippen molar-refractivity contribution in [3.63, 3.8) is 0 Å². The first-order valence-electron chi connectivity index (χ1n) is 10.3. The molecule has 0 unspecified atom stereocenters. The van der Waals surface area contributed by atoms with Gasteiger partial charge in [0.1, 0.15) is 0 Å². The van der Waals surface area contributed by atoms with Crippen molar-refractivity contribution < 1.29 is 22.8 Å². The lowest BCUT2D eigenvalue weighted by molar-refractivity contribution is -0.138. The molecule has 0 radical (unpaired) electrons. The van der Waals surface area contributed by atoms with Crippen LogP contribution in [0.25, 0.3) is 5.69 Å². The Kier molecular flexibility index (Phi) is 8.24. The van der Waals surface area contributed by atoms with Crippen LogP contribution in [0.5, 0.6) is 0 Å². The number of nitrogens with zero attached hydrogens (tertiary/aromatic N) is 3. The van der Waals surface area contributed by atoms with Crippen LogP contribution >= 0.6 is 0 Å². The lowest BCUT2D eigenvalue weighted by Gasteiger charge is -2.18. The highest BCUT2D eigenvalue weighted by atomic mass is 19.4. The minimum Gasteiger partial charge on any atom is -0.352 e. The highest BCUT2D eigenvalue weighted by molar-refractivity contribution is 5.79. The molecule has 1 aromatic heterocycles. The van der Waals surface area contributed by atoms with Crippen molar-refractivity contribution in [2.24, 2.45) is 0 Å². The van der Waals surface area contributed by atoms with Gasteiger partial charge >= 0.3 is 6.18 Å². The molecule has 170 valence electrons. The number of aryl methyl sites for hydroxylation is 2. The summed E-state index contributed by atoms with van der Waals surface area (Å²) < 4.78 is 42.3. The van der Waals surface area contributed by atoms with Crippen LogP contribution < -0.4 is 5.32 Å². The van der Waals surface area contributed by atoms with Gasteiger partial charge in [0, 0.05) is 38.2 Å². The zero-order valence-electron chi connectivity index (χ0n) is 18.3. The van der Waals surface area contributed by atoms with Crippen LogP contribution in [0.15, 0.2) is 24.3 Å². The first kappa shape index (κ1) is 24.4. The molecule has 2 aromatic rings. The van der Waals surface area contributed by atoms with Crippen LogP contribution in [-0.4, -0.2) is 39.6 Å². The van der Waals surface area contributed by atoms with E-state index in [1.165, 1.54) is 10.7 Å². The summed E-state index contributed by atoms with van der Waals surface area (Å²) in [7, 11) is 0. The van der Waals surface area contributed by atoms with Crippen LogP contribution in [0.1, 0.15) is 55.6 Å². The van der Waals surface area contributed by atoms with Gasteiger partial charge in [-0.1, -0.05) is 6.07 Å². The molecule has 0 aliphatic rings. The van der Waals surface area contributed by atoms with Gasteiger partial charge in [0.05, 0.1) is 16.9 Å². The number of amides is 2. The summed E-state index contributed by atoms with van der Waals surface area (Å²) in [6.07, 6.45) is -3.90. The number of halogens is 3. The number of hydrogen-bond donors (Lipinski definition) is 1. The molecule has 2 amide bonds. The van der Waals surface area contributed by atoms with Gasteiger partial charge in [-0.3, -0.25) is 9.59 Å². The van der Waals surface area contributed by atoms with E-state index in [4.69, 9.17) is 0 Å². The summed E-state index contributed by atoms with van der Waals surface area (Å²) >= 11 is 0. The molecular weight excluding hydrogens is 409 g/mol. The predicted octanol–water partition coefficient (Wildman–Crippen LogP) is 4.16. The third-order valence-corrected chi connectivity index (χ3v) is 5.04. The molecule has 1 heterocycles. The number of carbonyl (C=O) groups excluding carboxylic acids is 2. The molecule has 0 spiro atoms. The molecule has 31 heavy (non-hydrogen) atoms. The van der Waals surface area contributed by atoms with Gasteiger partial charge in [0.15, 0.2) is 0 Å². The van der Waals surface area contributed by atoms with E-state index in [0.29, 0.717) is 30.9 Å². The number of aromatic nitrogens is 2. The highest BCUT2D eigenvalue weighted by Crippen LogP contribution is 2.33. The molecule has 0 saturated carbocycles. The molecule has 9 heteroatoms. The van der Waals surface area contributed by atoms with Crippen molar-refractivity contribution in [1.82, 2.24) is 20.0 Å². The maximum Gasteiger partial charge on any atom is 0.416 e. The Labute approximate surface area is 180 Å². The number of carbonyl (C=O) groups is 2. The van der Waals surface area contributed by atoms with E-state index in [9.17, 15) is 22.8 Å². The zero-order valence-corrected chi connectivity index (χ0v) is 18.3. The SMILES string of the molecule is CCN(CC)C(=O)CCCC(=O)NCc1ccc(-n2nc(C)cc2C)cc1C(F)(F)F. The van der Waals surface area contributed by atoms with Gasteiger partial charge in [-0.2, -0.15) is 18.3 Å². The van der Waals surface area contributed by atoms with Crippen LogP contribution in [0.4, 0.5) is 13.2 Å². The summed E-state index contributed by atoms with van der Waals surface area (Å²) in [6.45, 7) is 8.28. The van der Waals surface area contributed by atoms with Crippen molar-refractivity contribution in [2.45, 2.75) is 59.7 Å². The quantitative estimate of drug-likeness (QED) is 0.639. The number of hydrogen-bond acceptors (Lipinski definition) is 3. The van der Waals surface area contributed by atoms with Crippen molar-refractivity contribution in [2.75, 3.05) is 13.1 Å². The van der Waals surface area contributed by atoms with Crippen molar-refractivity contribution in [1.29, 1.82) is 0 Å². The van der Waals surface area contributed by atoms with Crippen molar-refractivity contribution in [3.8, 4) is 5.69 Å². The van der Waals surface area contributed by atoms with E-state index in [1.807, 2.05) is 13.8 Å². The summed E-state index contributed by atoms with van der Waals surface area (Å²) in [5.41, 5.74) is 0.913. The standard InChI is InChI=1S/C22H29F3N4O2/c1-5-28(6-2)21(31)9-7-8-20(30)26-14-17-10-11-18(13-19(17)22(23,24)25)29-16(4)12-15(3)27-29/h10-13H,5-9,14H2,1-4H3,(H,26,30). The third kappa shape index (κ3) is 6.57. The first-order chi connectivity index (χ1) is 14.6. The molecule has 1 N–H and O–H groups in total. The Hall–Kier alpha value is -2.84. The second-order valence-electron chi connectivity index (χ2n) is 7.37. The highest BCUT2D eigenvalue weighted by Gasteiger charge is 2.34. The maximum absolute atomic E-state index is 13.6. The van der Waals surface area contributed by atoms with Gasteiger partial charge in [0.2, 0.25) is 11.8 Å². The fraction of sp³-hybridized carbons (Fsp3) is 0.500. The molecule has 1 aromatic carbocycles. The van der Waals surface area contributed by atoms with Gasteiger partial charge in [-0.25, -0.2) is 4.68 Å². The topological polar surface area (TPSA) is 67.2 Å².